The summed E-state index contributed by atoms with van der Waals surface area (Å²) < 4.78 is 5.56. The molecule has 2 amide bonds. The first kappa shape index (κ1) is 13.3. The molecular formula is C12H21N3O3. The number of nitrogens with one attached hydrogen (secondary N) is 2. The molecule has 2 N–H and O–H groups in total. The Morgan fingerprint density at radius 3 is 2.72 bits per heavy atom. The molecule has 2 aliphatic rings. The summed E-state index contributed by atoms with van der Waals surface area (Å²) in [5, 5.41) is 5.68. The van der Waals surface area contributed by atoms with Crippen LogP contribution in [-0.2, 0) is 14.3 Å². The molecule has 102 valence electrons. The van der Waals surface area contributed by atoms with Crippen molar-refractivity contribution in [1.29, 1.82) is 0 Å². The van der Waals surface area contributed by atoms with Gasteiger partial charge in [-0.1, -0.05) is 0 Å². The number of nitrogens with zero attached hydrogens (tertiary/aromatic N) is 1. The van der Waals surface area contributed by atoms with Crippen LogP contribution in [-0.4, -0.2) is 61.6 Å². The van der Waals surface area contributed by atoms with Gasteiger partial charge in [-0.25, -0.2) is 0 Å². The third-order valence-electron chi connectivity index (χ3n) is 3.47. The molecule has 1 unspecified atom stereocenters. The van der Waals surface area contributed by atoms with Crippen molar-refractivity contribution in [1.82, 2.24) is 15.5 Å². The number of likely N-dealkylation sites (tertiary alicyclic amines) is 1. The van der Waals surface area contributed by atoms with Gasteiger partial charge in [0.15, 0.2) is 0 Å². The fraction of sp³-hybridized carbons (Fsp3) is 0.833. The molecule has 0 aromatic rings. The molecule has 0 spiro atoms. The SMILES string of the molecule is CCOC1CCN(C(=O)C2CNC(=O)CN2)CC1. The molecule has 2 aliphatic heterocycles. The highest BCUT2D eigenvalue weighted by Gasteiger charge is 2.30. The molecule has 18 heavy (non-hydrogen) atoms. The van der Waals surface area contributed by atoms with E-state index in [-0.39, 0.29) is 30.5 Å². The van der Waals surface area contributed by atoms with Crippen molar-refractivity contribution < 1.29 is 14.3 Å². The second-order valence-corrected chi connectivity index (χ2v) is 4.72. The van der Waals surface area contributed by atoms with Crippen molar-refractivity contribution in [3.05, 3.63) is 0 Å². The molecule has 2 heterocycles. The van der Waals surface area contributed by atoms with E-state index in [9.17, 15) is 9.59 Å². The second kappa shape index (κ2) is 6.15. The first-order valence-corrected chi connectivity index (χ1v) is 6.61. The van der Waals surface area contributed by atoms with Gasteiger partial charge in [-0.05, 0) is 19.8 Å². The smallest absolute Gasteiger partial charge is 0.241 e. The molecule has 6 heteroatoms. The van der Waals surface area contributed by atoms with Crippen LogP contribution in [0.3, 0.4) is 0 Å². The largest absolute Gasteiger partial charge is 0.378 e. The minimum atomic E-state index is -0.272. The van der Waals surface area contributed by atoms with Gasteiger partial charge in [-0.2, -0.15) is 0 Å². The van der Waals surface area contributed by atoms with Gasteiger partial charge in [0, 0.05) is 26.2 Å². The highest BCUT2D eigenvalue weighted by molar-refractivity contribution is 5.86. The van der Waals surface area contributed by atoms with Gasteiger partial charge >= 0.3 is 0 Å². The number of rotatable bonds is 3. The molecule has 2 rings (SSSR count). The van der Waals surface area contributed by atoms with Crippen molar-refractivity contribution >= 4 is 11.8 Å². The lowest BCUT2D eigenvalue weighted by molar-refractivity contribution is -0.137. The Labute approximate surface area is 107 Å². The van der Waals surface area contributed by atoms with Crippen LogP contribution in [0.4, 0.5) is 0 Å². The summed E-state index contributed by atoms with van der Waals surface area (Å²) in [6.45, 7) is 4.83. The van der Waals surface area contributed by atoms with Crippen LogP contribution in [0.2, 0.25) is 0 Å². The number of carbonyl (C=O) groups is 2. The summed E-state index contributed by atoms with van der Waals surface area (Å²) >= 11 is 0. The normalized spacial score (nSPS) is 25.9. The van der Waals surface area contributed by atoms with E-state index in [4.69, 9.17) is 4.74 Å². The highest BCUT2D eigenvalue weighted by Crippen LogP contribution is 2.14. The maximum atomic E-state index is 12.2. The number of amides is 2. The molecular weight excluding hydrogens is 234 g/mol. The predicted molar refractivity (Wildman–Crippen MR) is 66.0 cm³/mol. The fourth-order valence-corrected chi connectivity index (χ4v) is 2.44. The number of hydrogen-bond donors (Lipinski definition) is 2. The summed E-state index contributed by atoms with van der Waals surface area (Å²) in [7, 11) is 0. The minimum Gasteiger partial charge on any atom is -0.378 e. The van der Waals surface area contributed by atoms with E-state index in [0.717, 1.165) is 32.5 Å². The summed E-state index contributed by atoms with van der Waals surface area (Å²) in [6.07, 6.45) is 2.09. The maximum Gasteiger partial charge on any atom is 0.241 e. The number of carbonyl (C=O) groups excluding carboxylic acids is 2. The van der Waals surface area contributed by atoms with Crippen LogP contribution in [0.5, 0.6) is 0 Å². The van der Waals surface area contributed by atoms with Gasteiger partial charge in [0.2, 0.25) is 11.8 Å². The monoisotopic (exact) mass is 255 g/mol. The van der Waals surface area contributed by atoms with Crippen molar-refractivity contribution in [2.45, 2.75) is 31.9 Å². The van der Waals surface area contributed by atoms with E-state index < -0.39 is 0 Å². The molecule has 2 saturated heterocycles. The average molecular weight is 255 g/mol. The number of ether oxygens (including phenoxy) is 1. The summed E-state index contributed by atoms with van der Waals surface area (Å²) in [5.74, 6) is 0.0408. The second-order valence-electron chi connectivity index (χ2n) is 4.72. The van der Waals surface area contributed by atoms with Gasteiger partial charge in [-0.3, -0.25) is 14.9 Å². The van der Waals surface area contributed by atoms with E-state index in [1.165, 1.54) is 0 Å². The topological polar surface area (TPSA) is 70.7 Å². The third-order valence-corrected chi connectivity index (χ3v) is 3.47. The van der Waals surface area contributed by atoms with E-state index >= 15 is 0 Å². The summed E-state index contributed by atoms with van der Waals surface area (Å²) in [4.78, 5) is 25.1. The fourth-order valence-electron chi connectivity index (χ4n) is 2.44. The van der Waals surface area contributed by atoms with Gasteiger partial charge < -0.3 is 15.0 Å². The molecule has 0 radical (unpaired) electrons. The van der Waals surface area contributed by atoms with Crippen LogP contribution in [0.1, 0.15) is 19.8 Å². The van der Waals surface area contributed by atoms with Gasteiger partial charge in [0.05, 0.1) is 12.6 Å². The lowest BCUT2D eigenvalue weighted by Crippen LogP contribution is -2.59. The van der Waals surface area contributed by atoms with Crippen molar-refractivity contribution in [2.24, 2.45) is 0 Å². The molecule has 1 atom stereocenters. The Balaban J connectivity index is 1.78. The lowest BCUT2D eigenvalue weighted by atomic mass is 10.1. The van der Waals surface area contributed by atoms with Crippen molar-refractivity contribution in [3.8, 4) is 0 Å². The summed E-state index contributed by atoms with van der Waals surface area (Å²) in [5.41, 5.74) is 0. The van der Waals surface area contributed by atoms with Crippen LogP contribution in [0.25, 0.3) is 0 Å². The van der Waals surface area contributed by atoms with Gasteiger partial charge in [0.25, 0.3) is 0 Å². The number of piperidine rings is 1. The zero-order chi connectivity index (χ0) is 13.0. The number of hydrogen-bond acceptors (Lipinski definition) is 4. The first-order valence-electron chi connectivity index (χ1n) is 6.61. The van der Waals surface area contributed by atoms with Crippen molar-refractivity contribution in [2.75, 3.05) is 32.8 Å². The Hall–Kier alpha value is -1.14. The Bertz CT molecular complexity index is 304. The van der Waals surface area contributed by atoms with E-state index in [1.807, 2.05) is 11.8 Å². The molecule has 0 aliphatic carbocycles. The molecule has 0 bridgehead atoms. The first-order chi connectivity index (χ1) is 8.70. The Morgan fingerprint density at radius 1 is 1.44 bits per heavy atom. The van der Waals surface area contributed by atoms with Crippen LogP contribution >= 0.6 is 0 Å². The zero-order valence-electron chi connectivity index (χ0n) is 10.8. The van der Waals surface area contributed by atoms with Crippen LogP contribution < -0.4 is 10.6 Å². The minimum absolute atomic E-state index is 0.0471. The quantitative estimate of drug-likeness (QED) is 0.686. The maximum absolute atomic E-state index is 12.2. The molecule has 2 fully saturated rings. The van der Waals surface area contributed by atoms with E-state index in [1.54, 1.807) is 0 Å². The van der Waals surface area contributed by atoms with E-state index in [0.29, 0.717) is 6.54 Å². The van der Waals surface area contributed by atoms with Gasteiger partial charge in [-0.15, -0.1) is 0 Å². The standard InChI is InChI=1S/C12H21N3O3/c1-2-18-9-3-5-15(6-4-9)12(17)10-7-14-11(16)8-13-10/h9-10,13H,2-8H2,1H3,(H,14,16). The Morgan fingerprint density at radius 2 is 2.17 bits per heavy atom. The Kier molecular flexibility index (Phi) is 4.54. The third kappa shape index (κ3) is 3.20. The van der Waals surface area contributed by atoms with E-state index in [2.05, 4.69) is 10.6 Å². The molecule has 0 saturated carbocycles. The predicted octanol–water partition coefficient (Wildman–Crippen LogP) is -0.898. The van der Waals surface area contributed by atoms with Gasteiger partial charge in [0.1, 0.15) is 6.04 Å². The zero-order valence-corrected chi connectivity index (χ0v) is 10.8. The number of piperazine rings is 1. The van der Waals surface area contributed by atoms with Crippen LogP contribution in [0, 0.1) is 0 Å². The molecule has 0 aromatic carbocycles. The molecule has 0 aromatic heterocycles. The molecule has 6 nitrogen and oxygen atoms in total. The summed E-state index contributed by atoms with van der Waals surface area (Å²) in [6, 6.07) is -0.272. The highest BCUT2D eigenvalue weighted by atomic mass is 16.5. The van der Waals surface area contributed by atoms with Crippen molar-refractivity contribution in [3.63, 3.8) is 0 Å². The lowest BCUT2D eigenvalue weighted by Gasteiger charge is -2.35. The van der Waals surface area contributed by atoms with Crippen LogP contribution in [0.15, 0.2) is 0 Å². The average Bonchev–Trinajstić information content (AvgIpc) is 2.40.